The van der Waals surface area contributed by atoms with Gasteiger partial charge in [-0.05, 0) is 39.5 Å². The first kappa shape index (κ1) is 16.7. The van der Waals surface area contributed by atoms with Crippen LogP contribution in [0, 0.1) is 23.1 Å². The zero-order chi connectivity index (χ0) is 16.2. The van der Waals surface area contributed by atoms with Gasteiger partial charge >= 0.3 is 0 Å². The molecular formula is C19H22FNS. The van der Waals surface area contributed by atoms with Gasteiger partial charge in [-0.25, -0.2) is 4.39 Å². The Bertz CT molecular complexity index is 725. The number of likely N-dealkylation sites (N-methyl/N-ethyl adjacent to an activating group) is 1. The van der Waals surface area contributed by atoms with Crippen LogP contribution in [0.5, 0.6) is 0 Å². The highest BCUT2D eigenvalue weighted by atomic mass is 32.1. The van der Waals surface area contributed by atoms with Gasteiger partial charge in [0.15, 0.2) is 0 Å². The maximum Gasteiger partial charge on any atom is 0.141 e. The fraction of sp³-hybridized carbons (Fsp3) is 0.368. The van der Waals surface area contributed by atoms with Crippen LogP contribution in [0.25, 0.3) is 10.1 Å². The van der Waals surface area contributed by atoms with Crippen LogP contribution in [-0.2, 0) is 6.54 Å². The van der Waals surface area contributed by atoms with E-state index < -0.39 is 0 Å². The highest BCUT2D eigenvalue weighted by Crippen LogP contribution is 2.28. The van der Waals surface area contributed by atoms with E-state index in [1.807, 2.05) is 18.2 Å². The van der Waals surface area contributed by atoms with Crippen molar-refractivity contribution in [2.24, 2.45) is 5.41 Å². The molecule has 116 valence electrons. The average Bonchev–Trinajstić information content (AvgIpc) is 2.80. The molecule has 22 heavy (non-hydrogen) atoms. The molecule has 0 radical (unpaired) electrons. The Balaban J connectivity index is 1.98. The van der Waals surface area contributed by atoms with Crippen molar-refractivity contribution >= 4 is 21.4 Å². The lowest BCUT2D eigenvalue weighted by molar-refractivity contribution is 0.365. The SMILES string of the molecule is CN(C/C=C/C#CC(C)(C)C)Cc1cccc2c(F)csc12. The summed E-state index contributed by atoms with van der Waals surface area (Å²) in [5.74, 6) is 6.13. The van der Waals surface area contributed by atoms with E-state index in [2.05, 4.69) is 56.7 Å². The van der Waals surface area contributed by atoms with Gasteiger partial charge in [0.05, 0.1) is 0 Å². The van der Waals surface area contributed by atoms with Crippen LogP contribution in [0.3, 0.4) is 0 Å². The normalized spacial score (nSPS) is 12.1. The molecule has 0 unspecified atom stereocenters. The first-order valence-corrected chi connectivity index (χ1v) is 8.25. The van der Waals surface area contributed by atoms with E-state index in [1.54, 1.807) is 5.38 Å². The number of benzene rings is 1. The van der Waals surface area contributed by atoms with Gasteiger partial charge in [0.2, 0.25) is 0 Å². The lowest BCUT2D eigenvalue weighted by atomic mass is 9.98. The quantitative estimate of drug-likeness (QED) is 0.711. The summed E-state index contributed by atoms with van der Waals surface area (Å²) in [4.78, 5) is 2.20. The Hall–Kier alpha value is -1.63. The lowest BCUT2D eigenvalue weighted by Gasteiger charge is -2.14. The molecule has 1 heterocycles. The molecule has 2 rings (SSSR count). The third kappa shape index (κ3) is 4.69. The van der Waals surface area contributed by atoms with E-state index >= 15 is 0 Å². The minimum absolute atomic E-state index is 0.0368. The zero-order valence-corrected chi connectivity index (χ0v) is 14.4. The van der Waals surface area contributed by atoms with Crippen molar-refractivity contribution in [2.45, 2.75) is 27.3 Å². The Morgan fingerprint density at radius 1 is 1.32 bits per heavy atom. The van der Waals surface area contributed by atoms with Crippen molar-refractivity contribution in [2.75, 3.05) is 13.6 Å². The van der Waals surface area contributed by atoms with E-state index in [-0.39, 0.29) is 11.2 Å². The van der Waals surface area contributed by atoms with Crippen molar-refractivity contribution in [3.8, 4) is 11.8 Å². The summed E-state index contributed by atoms with van der Waals surface area (Å²) < 4.78 is 14.7. The van der Waals surface area contributed by atoms with Crippen LogP contribution in [0.2, 0.25) is 0 Å². The molecule has 0 atom stereocenters. The highest BCUT2D eigenvalue weighted by Gasteiger charge is 2.08. The summed E-state index contributed by atoms with van der Waals surface area (Å²) in [5, 5.41) is 2.30. The number of fused-ring (bicyclic) bond motifs is 1. The smallest absolute Gasteiger partial charge is 0.141 e. The first-order chi connectivity index (χ1) is 10.4. The molecule has 1 nitrogen and oxygen atoms in total. The van der Waals surface area contributed by atoms with Gasteiger partial charge in [0.1, 0.15) is 5.82 Å². The molecule has 0 bridgehead atoms. The van der Waals surface area contributed by atoms with Crippen LogP contribution in [-0.4, -0.2) is 18.5 Å². The summed E-state index contributed by atoms with van der Waals surface area (Å²) in [5.41, 5.74) is 1.21. The predicted molar refractivity (Wildman–Crippen MR) is 94.5 cm³/mol. The van der Waals surface area contributed by atoms with E-state index in [0.717, 1.165) is 23.2 Å². The number of rotatable bonds is 4. The third-order valence-corrected chi connectivity index (χ3v) is 4.18. The Labute approximate surface area is 136 Å². The summed E-state index contributed by atoms with van der Waals surface area (Å²) in [7, 11) is 2.06. The maximum atomic E-state index is 13.6. The molecule has 0 spiro atoms. The fourth-order valence-corrected chi connectivity index (χ4v) is 3.04. The van der Waals surface area contributed by atoms with E-state index in [1.165, 1.54) is 16.9 Å². The number of hydrogen-bond acceptors (Lipinski definition) is 2. The molecule has 0 saturated heterocycles. The summed E-state index contributed by atoms with van der Waals surface area (Å²) in [6.45, 7) is 7.92. The number of nitrogens with zero attached hydrogens (tertiary/aromatic N) is 1. The van der Waals surface area contributed by atoms with E-state index in [9.17, 15) is 4.39 Å². The van der Waals surface area contributed by atoms with Crippen LogP contribution in [0.15, 0.2) is 35.7 Å². The Kier molecular flexibility index (Phi) is 5.39. The molecule has 2 aromatic rings. The molecule has 0 fully saturated rings. The molecule has 0 aliphatic rings. The van der Waals surface area contributed by atoms with Gasteiger partial charge in [-0.2, -0.15) is 0 Å². The summed E-state index contributed by atoms with van der Waals surface area (Å²) >= 11 is 1.48. The highest BCUT2D eigenvalue weighted by molar-refractivity contribution is 7.17. The van der Waals surface area contributed by atoms with Gasteiger partial charge in [0, 0.05) is 34.0 Å². The fourth-order valence-electron chi connectivity index (χ4n) is 2.12. The van der Waals surface area contributed by atoms with Crippen LogP contribution in [0.1, 0.15) is 26.3 Å². The Morgan fingerprint density at radius 2 is 2.09 bits per heavy atom. The first-order valence-electron chi connectivity index (χ1n) is 7.37. The number of halogens is 1. The van der Waals surface area contributed by atoms with Crippen molar-refractivity contribution in [1.82, 2.24) is 4.90 Å². The second-order valence-electron chi connectivity index (χ2n) is 6.50. The molecule has 0 aliphatic heterocycles. The van der Waals surface area contributed by atoms with Crippen molar-refractivity contribution in [3.05, 3.63) is 47.1 Å². The van der Waals surface area contributed by atoms with Crippen LogP contribution < -0.4 is 0 Å². The number of thiophene rings is 1. The van der Waals surface area contributed by atoms with Crippen molar-refractivity contribution in [3.63, 3.8) is 0 Å². The molecule has 0 N–H and O–H groups in total. The van der Waals surface area contributed by atoms with Crippen LogP contribution >= 0.6 is 11.3 Å². The minimum atomic E-state index is -0.123. The topological polar surface area (TPSA) is 3.24 Å². The molecule has 3 heteroatoms. The summed E-state index contributed by atoms with van der Waals surface area (Å²) in [6, 6.07) is 5.83. The average molecular weight is 315 g/mol. The molecular weight excluding hydrogens is 293 g/mol. The van der Waals surface area contributed by atoms with Crippen molar-refractivity contribution in [1.29, 1.82) is 0 Å². The van der Waals surface area contributed by atoms with Crippen molar-refractivity contribution < 1.29 is 4.39 Å². The van der Waals surface area contributed by atoms with Gasteiger partial charge < -0.3 is 0 Å². The lowest BCUT2D eigenvalue weighted by Crippen LogP contribution is -2.17. The van der Waals surface area contributed by atoms with E-state index in [0.29, 0.717) is 0 Å². The molecule has 1 aromatic carbocycles. The third-order valence-electron chi connectivity index (χ3n) is 3.14. The molecule has 1 aromatic heterocycles. The van der Waals surface area contributed by atoms with E-state index in [4.69, 9.17) is 0 Å². The zero-order valence-electron chi connectivity index (χ0n) is 13.6. The number of allylic oxidation sites excluding steroid dienone is 1. The van der Waals surface area contributed by atoms with Gasteiger partial charge in [0.25, 0.3) is 0 Å². The minimum Gasteiger partial charge on any atom is -0.298 e. The Morgan fingerprint density at radius 3 is 2.82 bits per heavy atom. The predicted octanol–water partition coefficient (Wildman–Crippen LogP) is 5.08. The maximum absolute atomic E-state index is 13.6. The van der Waals surface area contributed by atoms with Gasteiger partial charge in [-0.3, -0.25) is 4.90 Å². The van der Waals surface area contributed by atoms with Crippen LogP contribution in [0.4, 0.5) is 4.39 Å². The number of hydrogen-bond donors (Lipinski definition) is 0. The second-order valence-corrected chi connectivity index (χ2v) is 7.38. The molecule has 0 amide bonds. The standard InChI is InChI=1S/C19H22FNS/c1-19(2,3)11-6-5-7-12-21(4)13-15-9-8-10-16-17(20)14-22-18(15)16/h5,7-10,14H,12-13H2,1-4H3/b7-5+. The van der Waals surface area contributed by atoms with Gasteiger partial charge in [-0.15, -0.1) is 11.3 Å². The second kappa shape index (κ2) is 7.09. The van der Waals surface area contributed by atoms with Gasteiger partial charge in [-0.1, -0.05) is 36.1 Å². The monoisotopic (exact) mass is 315 g/mol. The summed E-state index contributed by atoms with van der Waals surface area (Å²) in [6.07, 6.45) is 3.97. The molecule has 0 aliphatic carbocycles. The molecule has 0 saturated carbocycles. The largest absolute Gasteiger partial charge is 0.298 e.